The number of aromatic nitrogens is 5. The van der Waals surface area contributed by atoms with Crippen LogP contribution in [0.4, 0.5) is 0 Å². The first-order chi connectivity index (χ1) is 11.0. The molecule has 3 heterocycles. The van der Waals surface area contributed by atoms with Gasteiger partial charge in [-0.3, -0.25) is 9.48 Å². The van der Waals surface area contributed by atoms with E-state index in [2.05, 4.69) is 26.8 Å². The Labute approximate surface area is 136 Å². The maximum absolute atomic E-state index is 12.6. The number of aryl methyl sites for hydroxylation is 3. The van der Waals surface area contributed by atoms with E-state index in [1.165, 1.54) is 0 Å². The van der Waals surface area contributed by atoms with E-state index in [1.54, 1.807) is 0 Å². The molecule has 1 atom stereocenters. The first-order valence-electron chi connectivity index (χ1n) is 8.21. The Balaban J connectivity index is 1.66. The summed E-state index contributed by atoms with van der Waals surface area (Å²) in [5.74, 6) is 2.04. The van der Waals surface area contributed by atoms with Crippen molar-refractivity contribution < 1.29 is 4.79 Å². The van der Waals surface area contributed by atoms with E-state index >= 15 is 0 Å². The maximum atomic E-state index is 12.6. The lowest BCUT2D eigenvalue weighted by Crippen LogP contribution is -2.39. The molecule has 3 rings (SSSR count). The highest BCUT2D eigenvalue weighted by atomic mass is 16.2. The summed E-state index contributed by atoms with van der Waals surface area (Å²) in [5, 5.41) is 12.9. The zero-order valence-corrected chi connectivity index (χ0v) is 14.3. The van der Waals surface area contributed by atoms with Crippen molar-refractivity contribution in [1.29, 1.82) is 0 Å². The Morgan fingerprint density at radius 1 is 1.30 bits per heavy atom. The van der Waals surface area contributed by atoms with Crippen LogP contribution in [0.15, 0.2) is 6.07 Å². The lowest BCUT2D eigenvalue weighted by atomic mass is 10.2. The summed E-state index contributed by atoms with van der Waals surface area (Å²) in [6, 6.07) is 2.10. The molecule has 1 aliphatic rings. The van der Waals surface area contributed by atoms with E-state index in [0.29, 0.717) is 13.0 Å². The van der Waals surface area contributed by atoms with Crippen molar-refractivity contribution >= 4 is 5.91 Å². The van der Waals surface area contributed by atoms with Gasteiger partial charge in [0.05, 0.1) is 18.3 Å². The quantitative estimate of drug-likeness (QED) is 0.860. The fourth-order valence-electron chi connectivity index (χ4n) is 3.25. The zero-order valence-electron chi connectivity index (χ0n) is 14.3. The number of amides is 1. The number of hydrogen-bond donors (Lipinski definition) is 0. The van der Waals surface area contributed by atoms with Gasteiger partial charge in [0.25, 0.3) is 0 Å². The molecule has 1 amide bonds. The molecule has 0 bridgehead atoms. The maximum Gasteiger partial charge on any atom is 0.225 e. The Hall–Kier alpha value is -2.18. The van der Waals surface area contributed by atoms with Crippen LogP contribution in [0, 0.1) is 13.8 Å². The number of nitrogens with zero attached hydrogens (tertiary/aromatic N) is 6. The third kappa shape index (κ3) is 3.00. The van der Waals surface area contributed by atoms with E-state index in [4.69, 9.17) is 0 Å². The van der Waals surface area contributed by atoms with Crippen molar-refractivity contribution in [3.05, 3.63) is 29.1 Å². The molecule has 0 spiro atoms. The number of rotatable bonds is 4. The molecule has 7 nitrogen and oxygen atoms in total. The molecular formula is C16H24N6O. The van der Waals surface area contributed by atoms with E-state index < -0.39 is 0 Å². The van der Waals surface area contributed by atoms with E-state index in [1.807, 2.05) is 36.4 Å². The summed E-state index contributed by atoms with van der Waals surface area (Å²) < 4.78 is 4.07. The lowest BCUT2D eigenvalue weighted by molar-refractivity contribution is -0.133. The van der Waals surface area contributed by atoms with Crippen molar-refractivity contribution in [3.8, 4) is 0 Å². The molecule has 0 N–H and O–H groups in total. The minimum atomic E-state index is 0.0576. The average molecular weight is 316 g/mol. The SMILES string of the molecule is CCc1nnc2n1CCN(C(=O)CC(C)n1nc(C)cc1C)C2. The summed E-state index contributed by atoms with van der Waals surface area (Å²) in [6.45, 7) is 10.2. The molecule has 7 heteroatoms. The van der Waals surface area contributed by atoms with Crippen LogP contribution >= 0.6 is 0 Å². The van der Waals surface area contributed by atoms with Gasteiger partial charge in [-0.2, -0.15) is 5.10 Å². The van der Waals surface area contributed by atoms with Crippen molar-refractivity contribution in [2.75, 3.05) is 6.54 Å². The van der Waals surface area contributed by atoms with Crippen LogP contribution in [0.3, 0.4) is 0 Å². The standard InChI is InChI=1S/C16H24N6O/c1-5-14-17-18-15-10-20(6-7-21(14)15)16(23)9-13(4)22-12(3)8-11(2)19-22/h8,13H,5-7,9-10H2,1-4H3. The minimum absolute atomic E-state index is 0.0576. The Kier molecular flexibility index (Phi) is 4.19. The van der Waals surface area contributed by atoms with E-state index in [9.17, 15) is 4.79 Å². The van der Waals surface area contributed by atoms with Gasteiger partial charge in [0.1, 0.15) is 5.82 Å². The normalized spacial score (nSPS) is 15.6. The molecule has 0 aromatic carbocycles. The molecule has 124 valence electrons. The van der Waals surface area contributed by atoms with Gasteiger partial charge in [-0.05, 0) is 26.8 Å². The van der Waals surface area contributed by atoms with Gasteiger partial charge in [-0.15, -0.1) is 10.2 Å². The first-order valence-corrected chi connectivity index (χ1v) is 8.21. The molecule has 0 saturated carbocycles. The van der Waals surface area contributed by atoms with Crippen LogP contribution < -0.4 is 0 Å². The summed E-state index contributed by atoms with van der Waals surface area (Å²) >= 11 is 0. The van der Waals surface area contributed by atoms with Crippen molar-refractivity contribution in [3.63, 3.8) is 0 Å². The van der Waals surface area contributed by atoms with Gasteiger partial charge in [0.2, 0.25) is 5.91 Å². The molecule has 1 unspecified atom stereocenters. The first kappa shape index (κ1) is 15.7. The van der Waals surface area contributed by atoms with Gasteiger partial charge in [0, 0.05) is 31.6 Å². The molecule has 0 saturated heterocycles. The number of carbonyl (C=O) groups excluding carboxylic acids is 1. The molecule has 0 fully saturated rings. The van der Waals surface area contributed by atoms with Crippen LogP contribution in [0.5, 0.6) is 0 Å². The highest BCUT2D eigenvalue weighted by Gasteiger charge is 2.25. The average Bonchev–Trinajstić information content (AvgIpc) is 3.08. The Bertz CT molecular complexity index is 716. The summed E-state index contributed by atoms with van der Waals surface area (Å²) in [7, 11) is 0. The predicted octanol–water partition coefficient (Wildman–Crippen LogP) is 1.65. The molecule has 0 radical (unpaired) electrons. The smallest absolute Gasteiger partial charge is 0.225 e. The topological polar surface area (TPSA) is 68.8 Å². The molecule has 2 aromatic rings. The number of fused-ring (bicyclic) bond motifs is 1. The molecule has 1 aliphatic heterocycles. The second-order valence-electron chi connectivity index (χ2n) is 6.28. The van der Waals surface area contributed by atoms with Crippen molar-refractivity contribution in [1.82, 2.24) is 29.4 Å². The number of carbonyl (C=O) groups is 1. The molecule has 0 aliphatic carbocycles. The summed E-state index contributed by atoms with van der Waals surface area (Å²) in [6.07, 6.45) is 1.33. The number of hydrogen-bond acceptors (Lipinski definition) is 4. The minimum Gasteiger partial charge on any atom is -0.333 e. The van der Waals surface area contributed by atoms with Crippen LogP contribution in [-0.2, 0) is 24.3 Å². The van der Waals surface area contributed by atoms with Crippen molar-refractivity contribution in [2.24, 2.45) is 0 Å². The largest absolute Gasteiger partial charge is 0.333 e. The van der Waals surface area contributed by atoms with E-state index in [0.717, 1.165) is 42.5 Å². The van der Waals surface area contributed by atoms with Crippen LogP contribution in [0.1, 0.15) is 49.3 Å². The van der Waals surface area contributed by atoms with Gasteiger partial charge >= 0.3 is 0 Å². The molecular weight excluding hydrogens is 292 g/mol. The molecule has 2 aromatic heterocycles. The molecule has 23 heavy (non-hydrogen) atoms. The van der Waals surface area contributed by atoms with Gasteiger partial charge in [0.15, 0.2) is 5.82 Å². The van der Waals surface area contributed by atoms with Crippen molar-refractivity contribution in [2.45, 2.75) is 59.7 Å². The van der Waals surface area contributed by atoms with Crippen LogP contribution in [0.2, 0.25) is 0 Å². The third-order valence-corrected chi connectivity index (χ3v) is 4.43. The Morgan fingerprint density at radius 3 is 2.74 bits per heavy atom. The van der Waals surface area contributed by atoms with E-state index in [-0.39, 0.29) is 11.9 Å². The Morgan fingerprint density at radius 2 is 2.09 bits per heavy atom. The second-order valence-corrected chi connectivity index (χ2v) is 6.28. The fraction of sp³-hybridized carbons (Fsp3) is 0.625. The highest BCUT2D eigenvalue weighted by molar-refractivity contribution is 5.76. The van der Waals surface area contributed by atoms with Gasteiger partial charge in [-0.25, -0.2) is 0 Å². The zero-order chi connectivity index (χ0) is 16.6. The highest BCUT2D eigenvalue weighted by Crippen LogP contribution is 2.19. The summed E-state index contributed by atoms with van der Waals surface area (Å²) in [5.41, 5.74) is 2.08. The monoisotopic (exact) mass is 316 g/mol. The summed E-state index contributed by atoms with van der Waals surface area (Å²) in [4.78, 5) is 14.5. The lowest BCUT2D eigenvalue weighted by Gasteiger charge is -2.29. The van der Waals surface area contributed by atoms with Gasteiger partial charge < -0.3 is 9.47 Å². The van der Waals surface area contributed by atoms with Gasteiger partial charge in [-0.1, -0.05) is 6.92 Å². The predicted molar refractivity (Wildman–Crippen MR) is 85.8 cm³/mol. The third-order valence-electron chi connectivity index (χ3n) is 4.43. The fourth-order valence-corrected chi connectivity index (χ4v) is 3.25. The van der Waals surface area contributed by atoms with Crippen LogP contribution in [-0.4, -0.2) is 41.9 Å². The van der Waals surface area contributed by atoms with Crippen LogP contribution in [0.25, 0.3) is 0 Å². The second kappa shape index (κ2) is 6.14.